The van der Waals surface area contributed by atoms with Gasteiger partial charge in [0.05, 0.1) is 21.4 Å². The molecule has 0 aliphatic heterocycles. The fourth-order valence-electron chi connectivity index (χ4n) is 1.77. The lowest BCUT2D eigenvalue weighted by molar-refractivity contribution is -0.114. The lowest BCUT2D eigenvalue weighted by atomic mass is 10.3. The van der Waals surface area contributed by atoms with Gasteiger partial charge in [0, 0.05) is 6.92 Å². The second-order valence-corrected chi connectivity index (χ2v) is 7.02. The predicted molar refractivity (Wildman–Crippen MR) is 88.0 cm³/mol. The number of anilines is 2. The minimum absolute atomic E-state index is 0.116. The molecule has 0 saturated heterocycles. The van der Waals surface area contributed by atoms with Gasteiger partial charge in [-0.25, -0.2) is 12.8 Å². The Balaban J connectivity index is 2.37. The number of nitrogens with one attached hydrogen (secondary N) is 2. The quantitative estimate of drug-likeness (QED) is 0.849. The molecule has 0 radical (unpaired) electrons. The van der Waals surface area contributed by atoms with Crippen LogP contribution in [0.3, 0.4) is 0 Å². The number of hydrogen-bond acceptors (Lipinski definition) is 3. The Morgan fingerprint density at radius 2 is 1.74 bits per heavy atom. The zero-order chi connectivity index (χ0) is 17.2. The van der Waals surface area contributed by atoms with Gasteiger partial charge in [-0.15, -0.1) is 0 Å². The van der Waals surface area contributed by atoms with Crippen molar-refractivity contribution in [3.8, 4) is 0 Å². The molecule has 0 aromatic heterocycles. The van der Waals surface area contributed by atoms with Gasteiger partial charge in [-0.1, -0.05) is 23.2 Å². The van der Waals surface area contributed by atoms with Crippen LogP contribution in [0.1, 0.15) is 6.92 Å². The summed E-state index contributed by atoms with van der Waals surface area (Å²) in [4.78, 5) is 10.7. The van der Waals surface area contributed by atoms with Crippen molar-refractivity contribution in [1.82, 2.24) is 0 Å². The first-order valence-corrected chi connectivity index (χ1v) is 8.48. The van der Waals surface area contributed by atoms with Gasteiger partial charge in [0.1, 0.15) is 10.7 Å². The molecule has 23 heavy (non-hydrogen) atoms. The Morgan fingerprint density at radius 1 is 1.09 bits per heavy atom. The highest BCUT2D eigenvalue weighted by molar-refractivity contribution is 7.92. The van der Waals surface area contributed by atoms with Gasteiger partial charge in [0.25, 0.3) is 10.0 Å². The second-order valence-electron chi connectivity index (χ2n) is 4.56. The number of rotatable bonds is 4. The van der Waals surface area contributed by atoms with E-state index in [0.717, 1.165) is 18.2 Å². The van der Waals surface area contributed by atoms with Crippen molar-refractivity contribution in [2.24, 2.45) is 0 Å². The van der Waals surface area contributed by atoms with Crippen LogP contribution in [0.5, 0.6) is 0 Å². The Hall–Kier alpha value is -1.83. The molecule has 0 spiro atoms. The Kier molecular flexibility index (Phi) is 5.13. The first-order valence-electron chi connectivity index (χ1n) is 6.24. The van der Waals surface area contributed by atoms with E-state index in [1.165, 1.54) is 25.1 Å². The molecule has 5 nitrogen and oxygen atoms in total. The summed E-state index contributed by atoms with van der Waals surface area (Å²) < 4.78 is 40.1. The highest BCUT2D eigenvalue weighted by atomic mass is 35.5. The van der Waals surface area contributed by atoms with Gasteiger partial charge < -0.3 is 5.32 Å². The summed E-state index contributed by atoms with van der Waals surface area (Å²) in [5.41, 5.74) is 0.378. The third kappa shape index (κ3) is 4.34. The normalized spacial score (nSPS) is 11.1. The third-order valence-electron chi connectivity index (χ3n) is 2.71. The highest BCUT2D eigenvalue weighted by Gasteiger charge is 2.19. The Labute approximate surface area is 142 Å². The summed E-state index contributed by atoms with van der Waals surface area (Å²) in [5, 5.41) is 2.59. The maximum absolute atomic E-state index is 13.3. The molecule has 0 heterocycles. The van der Waals surface area contributed by atoms with Crippen LogP contribution < -0.4 is 10.0 Å². The minimum atomic E-state index is -4.10. The molecule has 2 rings (SSSR count). The smallest absolute Gasteiger partial charge is 0.263 e. The van der Waals surface area contributed by atoms with E-state index >= 15 is 0 Å². The summed E-state index contributed by atoms with van der Waals surface area (Å²) in [6.45, 7) is 1.29. The topological polar surface area (TPSA) is 75.3 Å². The number of halogens is 3. The molecule has 0 unspecified atom stereocenters. The van der Waals surface area contributed by atoms with E-state index in [-0.39, 0.29) is 27.3 Å². The monoisotopic (exact) mass is 376 g/mol. The second kappa shape index (κ2) is 6.74. The van der Waals surface area contributed by atoms with Crippen molar-refractivity contribution in [3.63, 3.8) is 0 Å². The maximum Gasteiger partial charge on any atom is 0.263 e. The van der Waals surface area contributed by atoms with Gasteiger partial charge in [0.15, 0.2) is 0 Å². The fraction of sp³-hybridized carbons (Fsp3) is 0.0714. The van der Waals surface area contributed by atoms with Gasteiger partial charge in [0.2, 0.25) is 5.91 Å². The first-order chi connectivity index (χ1) is 10.7. The SMILES string of the molecule is CC(=O)Nc1cc(NS(=O)(=O)c2cc(F)ccc2Cl)ccc1Cl. The molecule has 0 bridgehead atoms. The van der Waals surface area contributed by atoms with Crippen molar-refractivity contribution in [2.75, 3.05) is 10.0 Å². The van der Waals surface area contributed by atoms with Crippen molar-refractivity contribution in [2.45, 2.75) is 11.8 Å². The van der Waals surface area contributed by atoms with E-state index in [0.29, 0.717) is 0 Å². The lowest BCUT2D eigenvalue weighted by Gasteiger charge is -2.12. The summed E-state index contributed by atoms with van der Waals surface area (Å²) in [6, 6.07) is 7.18. The third-order valence-corrected chi connectivity index (χ3v) is 4.90. The fourth-order valence-corrected chi connectivity index (χ4v) is 3.49. The van der Waals surface area contributed by atoms with Crippen LogP contribution in [0, 0.1) is 5.82 Å². The predicted octanol–water partition coefficient (Wildman–Crippen LogP) is 3.89. The number of hydrogen-bond donors (Lipinski definition) is 2. The molecule has 9 heteroatoms. The van der Waals surface area contributed by atoms with Gasteiger partial charge >= 0.3 is 0 Å². The van der Waals surface area contributed by atoms with Crippen molar-refractivity contribution in [3.05, 3.63) is 52.3 Å². The van der Waals surface area contributed by atoms with E-state index in [1.54, 1.807) is 0 Å². The van der Waals surface area contributed by atoms with Crippen LogP contribution in [0.25, 0.3) is 0 Å². The zero-order valence-corrected chi connectivity index (χ0v) is 14.1. The van der Waals surface area contributed by atoms with Crippen molar-refractivity contribution in [1.29, 1.82) is 0 Å². The van der Waals surface area contributed by atoms with E-state index in [2.05, 4.69) is 10.0 Å². The van der Waals surface area contributed by atoms with E-state index < -0.39 is 20.7 Å². The minimum Gasteiger partial charge on any atom is -0.325 e. The van der Waals surface area contributed by atoms with Crippen LogP contribution in [-0.2, 0) is 14.8 Å². The molecule has 1 amide bonds. The van der Waals surface area contributed by atoms with Crippen LogP contribution in [0.2, 0.25) is 10.0 Å². The molecule has 0 atom stereocenters. The molecule has 122 valence electrons. The van der Waals surface area contributed by atoms with Crippen LogP contribution in [-0.4, -0.2) is 14.3 Å². The van der Waals surface area contributed by atoms with Crippen molar-refractivity contribution >= 4 is 50.5 Å². The Bertz CT molecular complexity index is 872. The zero-order valence-electron chi connectivity index (χ0n) is 11.7. The average molecular weight is 377 g/mol. The van der Waals surface area contributed by atoms with Crippen LogP contribution in [0.4, 0.5) is 15.8 Å². The average Bonchev–Trinajstić information content (AvgIpc) is 2.44. The summed E-state index contributed by atoms with van der Waals surface area (Å²) >= 11 is 11.7. The molecule has 2 N–H and O–H groups in total. The van der Waals surface area contributed by atoms with Crippen LogP contribution >= 0.6 is 23.2 Å². The van der Waals surface area contributed by atoms with Gasteiger partial charge in [-0.05, 0) is 36.4 Å². The maximum atomic E-state index is 13.3. The van der Waals surface area contributed by atoms with Crippen molar-refractivity contribution < 1.29 is 17.6 Å². The van der Waals surface area contributed by atoms with Crippen LogP contribution in [0.15, 0.2) is 41.3 Å². The summed E-state index contributed by atoms with van der Waals surface area (Å²) in [7, 11) is -4.10. The Morgan fingerprint density at radius 3 is 2.39 bits per heavy atom. The molecular weight excluding hydrogens is 366 g/mol. The van der Waals surface area contributed by atoms with Gasteiger partial charge in [-0.2, -0.15) is 0 Å². The standard InChI is InChI=1S/C14H11Cl2FN2O3S/c1-8(20)18-13-7-10(3-5-11(13)15)19-23(21,22)14-6-9(17)2-4-12(14)16/h2-7,19H,1H3,(H,18,20). The number of amides is 1. The number of sulfonamides is 1. The molecule has 2 aromatic rings. The molecule has 0 fully saturated rings. The van der Waals surface area contributed by atoms with Gasteiger partial charge in [-0.3, -0.25) is 9.52 Å². The lowest BCUT2D eigenvalue weighted by Crippen LogP contribution is -2.14. The van der Waals surface area contributed by atoms with E-state index in [1.807, 2.05) is 0 Å². The number of benzene rings is 2. The number of carbonyl (C=O) groups excluding carboxylic acids is 1. The first kappa shape index (κ1) is 17.5. The highest BCUT2D eigenvalue weighted by Crippen LogP contribution is 2.29. The molecule has 2 aromatic carbocycles. The number of carbonyl (C=O) groups is 1. The molecule has 0 aliphatic rings. The summed E-state index contributed by atoms with van der Waals surface area (Å²) in [6.07, 6.45) is 0. The van der Waals surface area contributed by atoms with E-state index in [4.69, 9.17) is 23.2 Å². The largest absolute Gasteiger partial charge is 0.325 e. The summed E-state index contributed by atoms with van der Waals surface area (Å²) in [5.74, 6) is -1.09. The molecule has 0 saturated carbocycles. The van der Waals surface area contributed by atoms with E-state index in [9.17, 15) is 17.6 Å². The molecule has 0 aliphatic carbocycles. The molecular formula is C14H11Cl2FN2O3S.